The van der Waals surface area contributed by atoms with E-state index in [0.29, 0.717) is 22.9 Å². The number of aryl methyl sites for hydroxylation is 1. The fourth-order valence-corrected chi connectivity index (χ4v) is 3.25. The molecular weight excluding hydrogens is 306 g/mol. The van der Waals surface area contributed by atoms with E-state index in [1.165, 1.54) is 0 Å². The van der Waals surface area contributed by atoms with Crippen LogP contribution >= 0.6 is 0 Å². The standard InChI is InChI=1S/C17H19N5O2/c1-22-14(11-4-7-24-8-5-11)9-15(21-22)20-17(23)13-10-19-16-12(13)3-2-6-18-16/h2-3,6,9-11H,4-5,7-8H2,1H3,(H,18,19)(H,20,21,23). The van der Waals surface area contributed by atoms with Crippen molar-refractivity contribution in [2.45, 2.75) is 18.8 Å². The quantitative estimate of drug-likeness (QED) is 0.774. The van der Waals surface area contributed by atoms with Gasteiger partial charge in [-0.25, -0.2) is 4.98 Å². The number of rotatable bonds is 3. The van der Waals surface area contributed by atoms with Crippen LogP contribution in [0.4, 0.5) is 5.82 Å². The maximum absolute atomic E-state index is 12.6. The molecule has 0 unspecified atom stereocenters. The molecule has 1 amide bonds. The number of hydrogen-bond donors (Lipinski definition) is 2. The number of fused-ring (bicyclic) bond motifs is 1. The van der Waals surface area contributed by atoms with Gasteiger partial charge < -0.3 is 15.0 Å². The van der Waals surface area contributed by atoms with Gasteiger partial charge in [0.1, 0.15) is 5.65 Å². The smallest absolute Gasteiger partial charge is 0.259 e. The highest BCUT2D eigenvalue weighted by Gasteiger charge is 2.21. The van der Waals surface area contributed by atoms with E-state index < -0.39 is 0 Å². The summed E-state index contributed by atoms with van der Waals surface area (Å²) in [6.45, 7) is 1.56. The minimum Gasteiger partial charge on any atom is -0.381 e. The van der Waals surface area contributed by atoms with Crippen molar-refractivity contribution in [3.63, 3.8) is 0 Å². The number of carbonyl (C=O) groups excluding carboxylic acids is 1. The Bertz CT molecular complexity index is 876. The molecule has 4 rings (SSSR count). The third-order valence-electron chi connectivity index (χ3n) is 4.49. The highest BCUT2D eigenvalue weighted by molar-refractivity contribution is 6.11. The lowest BCUT2D eigenvalue weighted by Crippen LogP contribution is -2.16. The summed E-state index contributed by atoms with van der Waals surface area (Å²) in [6, 6.07) is 5.65. The van der Waals surface area contributed by atoms with Crippen LogP contribution in [0.5, 0.6) is 0 Å². The van der Waals surface area contributed by atoms with Crippen LogP contribution in [0.2, 0.25) is 0 Å². The van der Waals surface area contributed by atoms with E-state index >= 15 is 0 Å². The van der Waals surface area contributed by atoms with E-state index in [4.69, 9.17) is 4.74 Å². The van der Waals surface area contributed by atoms with Gasteiger partial charge in [0.15, 0.2) is 5.82 Å². The zero-order chi connectivity index (χ0) is 16.5. The summed E-state index contributed by atoms with van der Waals surface area (Å²) >= 11 is 0. The Morgan fingerprint density at radius 2 is 2.25 bits per heavy atom. The van der Waals surface area contributed by atoms with Gasteiger partial charge in [0.25, 0.3) is 5.91 Å². The van der Waals surface area contributed by atoms with Gasteiger partial charge in [0.2, 0.25) is 0 Å². The first-order chi connectivity index (χ1) is 11.7. The maximum Gasteiger partial charge on any atom is 0.259 e. The van der Waals surface area contributed by atoms with Crippen molar-refractivity contribution in [2.75, 3.05) is 18.5 Å². The number of aromatic nitrogens is 4. The minimum absolute atomic E-state index is 0.189. The fourth-order valence-electron chi connectivity index (χ4n) is 3.25. The molecule has 0 radical (unpaired) electrons. The van der Waals surface area contributed by atoms with Crippen LogP contribution < -0.4 is 5.32 Å². The molecule has 1 fully saturated rings. The first-order valence-corrected chi connectivity index (χ1v) is 8.07. The number of H-pyrrole nitrogens is 1. The van der Waals surface area contributed by atoms with Crippen molar-refractivity contribution < 1.29 is 9.53 Å². The molecule has 7 heteroatoms. The lowest BCUT2D eigenvalue weighted by atomic mass is 9.96. The predicted octanol–water partition coefficient (Wildman–Crippen LogP) is 2.44. The lowest BCUT2D eigenvalue weighted by Gasteiger charge is -2.21. The highest BCUT2D eigenvalue weighted by atomic mass is 16.5. The third-order valence-corrected chi connectivity index (χ3v) is 4.49. The van der Waals surface area contributed by atoms with E-state index in [-0.39, 0.29) is 5.91 Å². The average molecular weight is 325 g/mol. The maximum atomic E-state index is 12.6. The molecule has 1 aliphatic rings. The summed E-state index contributed by atoms with van der Waals surface area (Å²) in [5, 5.41) is 8.12. The van der Waals surface area contributed by atoms with Crippen LogP contribution in [-0.4, -0.2) is 38.9 Å². The van der Waals surface area contributed by atoms with E-state index in [9.17, 15) is 4.79 Å². The summed E-state index contributed by atoms with van der Waals surface area (Å²) in [7, 11) is 1.91. The average Bonchev–Trinajstić information content (AvgIpc) is 3.19. The van der Waals surface area contributed by atoms with Crippen LogP contribution in [-0.2, 0) is 11.8 Å². The fraction of sp³-hybridized carbons (Fsp3) is 0.353. The molecule has 124 valence electrons. The highest BCUT2D eigenvalue weighted by Crippen LogP contribution is 2.28. The van der Waals surface area contributed by atoms with Gasteiger partial charge >= 0.3 is 0 Å². The molecule has 0 spiro atoms. The number of nitrogens with zero attached hydrogens (tertiary/aromatic N) is 3. The SMILES string of the molecule is Cn1nc(NC(=O)c2c[nH]c3ncccc23)cc1C1CCOCC1. The van der Waals surface area contributed by atoms with E-state index in [2.05, 4.69) is 20.4 Å². The normalized spacial score (nSPS) is 15.7. The van der Waals surface area contributed by atoms with Gasteiger partial charge in [-0.05, 0) is 25.0 Å². The third kappa shape index (κ3) is 2.67. The van der Waals surface area contributed by atoms with E-state index in [1.807, 2.05) is 29.9 Å². The number of hydrogen-bond acceptors (Lipinski definition) is 4. The monoisotopic (exact) mass is 325 g/mol. The molecule has 0 aromatic carbocycles. The summed E-state index contributed by atoms with van der Waals surface area (Å²) < 4.78 is 7.26. The minimum atomic E-state index is -0.189. The Morgan fingerprint density at radius 1 is 1.42 bits per heavy atom. The first-order valence-electron chi connectivity index (χ1n) is 8.07. The number of aromatic amines is 1. The molecule has 0 saturated carbocycles. The molecule has 3 aromatic rings. The van der Waals surface area contributed by atoms with Crippen LogP contribution in [0.25, 0.3) is 11.0 Å². The van der Waals surface area contributed by atoms with E-state index in [0.717, 1.165) is 37.1 Å². The number of anilines is 1. The van der Waals surface area contributed by atoms with Crippen LogP contribution in [0, 0.1) is 0 Å². The number of pyridine rings is 1. The molecular formula is C17H19N5O2. The predicted molar refractivity (Wildman–Crippen MR) is 90.0 cm³/mol. The molecule has 1 saturated heterocycles. The molecule has 7 nitrogen and oxygen atoms in total. The van der Waals surface area contributed by atoms with Gasteiger partial charge in [-0.2, -0.15) is 5.10 Å². The van der Waals surface area contributed by atoms with Gasteiger partial charge in [0, 0.05) is 55.7 Å². The van der Waals surface area contributed by atoms with Gasteiger partial charge in [0.05, 0.1) is 5.56 Å². The number of ether oxygens (including phenoxy) is 1. The molecule has 3 aromatic heterocycles. The number of nitrogens with one attached hydrogen (secondary N) is 2. The van der Waals surface area contributed by atoms with Crippen molar-refractivity contribution >= 4 is 22.8 Å². The number of carbonyl (C=O) groups is 1. The Balaban J connectivity index is 1.56. The van der Waals surface area contributed by atoms with Crippen molar-refractivity contribution in [1.82, 2.24) is 19.7 Å². The molecule has 4 heterocycles. The molecule has 0 aliphatic carbocycles. The summed E-state index contributed by atoms with van der Waals surface area (Å²) in [5.74, 6) is 0.812. The molecule has 2 N–H and O–H groups in total. The Morgan fingerprint density at radius 3 is 3.08 bits per heavy atom. The Labute approximate surface area is 139 Å². The number of amides is 1. The van der Waals surface area contributed by atoms with Gasteiger partial charge in [-0.15, -0.1) is 0 Å². The first kappa shape index (κ1) is 14.9. The van der Waals surface area contributed by atoms with Crippen LogP contribution in [0.15, 0.2) is 30.6 Å². The van der Waals surface area contributed by atoms with E-state index in [1.54, 1.807) is 12.4 Å². The van der Waals surface area contributed by atoms with Gasteiger partial charge in [-0.1, -0.05) is 0 Å². The molecule has 0 bridgehead atoms. The summed E-state index contributed by atoms with van der Waals surface area (Å²) in [5.41, 5.74) is 2.40. The zero-order valence-electron chi connectivity index (χ0n) is 13.5. The van der Waals surface area contributed by atoms with Crippen LogP contribution in [0.3, 0.4) is 0 Å². The Hall–Kier alpha value is -2.67. The van der Waals surface area contributed by atoms with Gasteiger partial charge in [-0.3, -0.25) is 9.48 Å². The van der Waals surface area contributed by atoms with Crippen LogP contribution in [0.1, 0.15) is 34.8 Å². The lowest BCUT2D eigenvalue weighted by molar-refractivity contribution is 0.0837. The van der Waals surface area contributed by atoms with Crippen molar-refractivity contribution in [3.8, 4) is 0 Å². The zero-order valence-corrected chi connectivity index (χ0v) is 13.5. The molecule has 0 atom stereocenters. The summed E-state index contributed by atoms with van der Waals surface area (Å²) in [4.78, 5) is 19.8. The molecule has 24 heavy (non-hydrogen) atoms. The van der Waals surface area contributed by atoms with Crippen molar-refractivity contribution in [3.05, 3.63) is 41.9 Å². The second-order valence-electron chi connectivity index (χ2n) is 6.02. The second-order valence-corrected chi connectivity index (χ2v) is 6.02. The summed E-state index contributed by atoms with van der Waals surface area (Å²) in [6.07, 6.45) is 5.34. The topological polar surface area (TPSA) is 84.8 Å². The van der Waals surface area contributed by atoms with Crippen molar-refractivity contribution in [2.24, 2.45) is 7.05 Å². The largest absolute Gasteiger partial charge is 0.381 e. The Kier molecular flexibility index (Phi) is 3.78. The van der Waals surface area contributed by atoms with Crippen molar-refractivity contribution in [1.29, 1.82) is 0 Å². The second kappa shape index (κ2) is 6.09. The molecule has 1 aliphatic heterocycles.